The molecule has 5 nitrogen and oxygen atoms in total. The average molecular weight is 322 g/mol. The van der Waals surface area contributed by atoms with E-state index in [1.54, 1.807) is 0 Å². The summed E-state index contributed by atoms with van der Waals surface area (Å²) in [7, 11) is 0. The highest BCUT2D eigenvalue weighted by atomic mass is 32.1. The fourth-order valence-electron chi connectivity index (χ4n) is 3.60. The van der Waals surface area contributed by atoms with Gasteiger partial charge in [0.15, 0.2) is 4.77 Å². The van der Waals surface area contributed by atoms with E-state index in [0.29, 0.717) is 10.7 Å². The number of likely N-dealkylation sites (tertiary alicyclic amines) is 1. The summed E-state index contributed by atoms with van der Waals surface area (Å²) < 4.78 is 2.77. The van der Waals surface area contributed by atoms with Crippen LogP contribution in [0.5, 0.6) is 0 Å². The zero-order chi connectivity index (χ0) is 16.1. The van der Waals surface area contributed by atoms with Crippen molar-refractivity contribution in [1.82, 2.24) is 19.7 Å². The van der Waals surface area contributed by atoms with Gasteiger partial charge in [0.25, 0.3) is 0 Å². The molecule has 2 fully saturated rings. The third kappa shape index (κ3) is 2.73. The van der Waals surface area contributed by atoms with Gasteiger partial charge in [-0.15, -0.1) is 0 Å². The summed E-state index contributed by atoms with van der Waals surface area (Å²) in [6.07, 6.45) is 3.14. The fraction of sp³-hybridized carbons (Fsp3) is 0.812. The summed E-state index contributed by atoms with van der Waals surface area (Å²) in [6.45, 7) is 10.3. The average Bonchev–Trinajstić information content (AvgIpc) is 2.92. The Morgan fingerprint density at radius 2 is 2.14 bits per heavy atom. The molecule has 0 bridgehead atoms. The molecule has 1 aliphatic carbocycles. The molecule has 3 rings (SSSR count). The van der Waals surface area contributed by atoms with Gasteiger partial charge in [-0.25, -0.2) is 0 Å². The number of amides is 1. The molecule has 1 aromatic rings. The lowest BCUT2D eigenvalue weighted by molar-refractivity contribution is -0.134. The quantitative estimate of drug-likeness (QED) is 0.869. The van der Waals surface area contributed by atoms with Gasteiger partial charge in [-0.2, -0.15) is 5.10 Å². The Labute approximate surface area is 137 Å². The number of rotatable bonds is 3. The standard InChI is InChI=1S/C16H26N4OS/c1-10(2)20-13(17-18-15(20)22)11-6-5-7-19(9-11)14(21)12-8-16(12,3)4/h10-12H,5-9H2,1-4H3,(H,18,22)/t11-,12-/m1/s1. The van der Waals surface area contributed by atoms with Crippen molar-refractivity contribution in [3.63, 3.8) is 0 Å². The second-order valence-electron chi connectivity index (χ2n) is 7.72. The molecule has 1 amide bonds. The lowest BCUT2D eigenvalue weighted by Crippen LogP contribution is -2.41. The highest BCUT2D eigenvalue weighted by Crippen LogP contribution is 2.52. The Hall–Kier alpha value is -1.17. The molecule has 6 heteroatoms. The predicted molar refractivity (Wildman–Crippen MR) is 88.2 cm³/mol. The SMILES string of the molecule is CC(C)n1c([C@@H]2CCCN(C(=O)[C@H]3CC3(C)C)C2)n[nH]c1=S. The van der Waals surface area contributed by atoms with Gasteiger partial charge in [0, 0.05) is 31.0 Å². The first-order chi connectivity index (χ1) is 10.3. The monoisotopic (exact) mass is 322 g/mol. The van der Waals surface area contributed by atoms with Crippen LogP contribution in [-0.2, 0) is 4.79 Å². The van der Waals surface area contributed by atoms with Crippen molar-refractivity contribution in [2.24, 2.45) is 11.3 Å². The van der Waals surface area contributed by atoms with Gasteiger partial charge in [0.1, 0.15) is 5.82 Å². The van der Waals surface area contributed by atoms with E-state index in [2.05, 4.69) is 47.4 Å². The van der Waals surface area contributed by atoms with Crippen molar-refractivity contribution in [1.29, 1.82) is 0 Å². The highest BCUT2D eigenvalue weighted by Gasteiger charge is 2.52. The van der Waals surface area contributed by atoms with E-state index in [1.807, 2.05) is 0 Å². The molecule has 0 aromatic carbocycles. The number of aromatic nitrogens is 3. The normalized spacial score (nSPS) is 27.2. The first kappa shape index (κ1) is 15.7. The molecule has 122 valence electrons. The van der Waals surface area contributed by atoms with Crippen LogP contribution in [-0.4, -0.2) is 38.7 Å². The van der Waals surface area contributed by atoms with Crippen LogP contribution in [0, 0.1) is 16.1 Å². The number of carbonyl (C=O) groups excluding carboxylic acids is 1. The minimum absolute atomic E-state index is 0.196. The first-order valence-electron chi connectivity index (χ1n) is 8.27. The van der Waals surface area contributed by atoms with Crippen molar-refractivity contribution in [2.75, 3.05) is 13.1 Å². The number of aromatic amines is 1. The zero-order valence-corrected chi connectivity index (χ0v) is 14.7. The molecule has 0 radical (unpaired) electrons. The lowest BCUT2D eigenvalue weighted by atomic mass is 9.96. The Morgan fingerprint density at radius 3 is 2.73 bits per heavy atom. The number of nitrogens with zero attached hydrogens (tertiary/aromatic N) is 3. The maximum atomic E-state index is 12.6. The van der Waals surface area contributed by atoms with Gasteiger partial charge in [0.05, 0.1) is 0 Å². The molecular formula is C16H26N4OS. The fourth-order valence-corrected chi connectivity index (χ4v) is 3.95. The van der Waals surface area contributed by atoms with Gasteiger partial charge >= 0.3 is 0 Å². The Balaban J connectivity index is 1.77. The molecule has 1 aliphatic heterocycles. The molecule has 1 N–H and O–H groups in total. The Morgan fingerprint density at radius 1 is 1.45 bits per heavy atom. The van der Waals surface area contributed by atoms with E-state index >= 15 is 0 Å². The molecule has 1 saturated heterocycles. The van der Waals surface area contributed by atoms with E-state index in [0.717, 1.165) is 38.2 Å². The van der Waals surface area contributed by atoms with Crippen LogP contribution in [0.4, 0.5) is 0 Å². The molecule has 22 heavy (non-hydrogen) atoms. The van der Waals surface area contributed by atoms with Gasteiger partial charge in [-0.05, 0) is 50.7 Å². The van der Waals surface area contributed by atoms with E-state index in [9.17, 15) is 4.79 Å². The smallest absolute Gasteiger partial charge is 0.226 e. The maximum Gasteiger partial charge on any atom is 0.226 e. The number of hydrogen-bond acceptors (Lipinski definition) is 3. The lowest BCUT2D eigenvalue weighted by Gasteiger charge is -2.33. The van der Waals surface area contributed by atoms with Crippen molar-refractivity contribution in [3.05, 3.63) is 10.6 Å². The van der Waals surface area contributed by atoms with E-state index in [4.69, 9.17) is 12.2 Å². The molecular weight excluding hydrogens is 296 g/mol. The molecule has 2 heterocycles. The number of hydrogen-bond donors (Lipinski definition) is 1. The second-order valence-corrected chi connectivity index (χ2v) is 8.11. The van der Waals surface area contributed by atoms with E-state index < -0.39 is 0 Å². The van der Waals surface area contributed by atoms with Crippen LogP contribution in [0.3, 0.4) is 0 Å². The Kier molecular flexibility index (Phi) is 3.91. The third-order valence-electron chi connectivity index (χ3n) is 5.16. The molecule has 1 aromatic heterocycles. The summed E-state index contributed by atoms with van der Waals surface area (Å²) in [4.78, 5) is 14.7. The van der Waals surface area contributed by atoms with Gasteiger partial charge in [-0.1, -0.05) is 13.8 Å². The molecule has 2 atom stereocenters. The van der Waals surface area contributed by atoms with Gasteiger partial charge in [-0.3, -0.25) is 9.89 Å². The van der Waals surface area contributed by atoms with E-state index in [1.165, 1.54) is 0 Å². The summed E-state index contributed by atoms with van der Waals surface area (Å²) in [6, 6.07) is 0.287. The van der Waals surface area contributed by atoms with Crippen molar-refractivity contribution >= 4 is 18.1 Å². The summed E-state index contributed by atoms with van der Waals surface area (Å²) in [5, 5.41) is 7.37. The third-order valence-corrected chi connectivity index (χ3v) is 5.45. The van der Waals surface area contributed by atoms with Crippen LogP contribution in [0.2, 0.25) is 0 Å². The van der Waals surface area contributed by atoms with Crippen LogP contribution < -0.4 is 0 Å². The summed E-state index contributed by atoms with van der Waals surface area (Å²) >= 11 is 5.35. The van der Waals surface area contributed by atoms with E-state index in [-0.39, 0.29) is 23.3 Å². The van der Waals surface area contributed by atoms with Crippen LogP contribution >= 0.6 is 12.2 Å². The maximum absolute atomic E-state index is 12.6. The molecule has 2 aliphatic rings. The molecule has 1 saturated carbocycles. The predicted octanol–water partition coefficient (Wildman–Crippen LogP) is 3.27. The second kappa shape index (κ2) is 5.48. The van der Waals surface area contributed by atoms with Crippen molar-refractivity contribution in [2.45, 2.75) is 58.9 Å². The van der Waals surface area contributed by atoms with Crippen LogP contribution in [0.1, 0.15) is 64.7 Å². The topological polar surface area (TPSA) is 53.9 Å². The molecule has 0 spiro atoms. The van der Waals surface area contributed by atoms with Crippen molar-refractivity contribution < 1.29 is 4.79 Å². The number of carbonyl (C=O) groups is 1. The molecule has 0 unspecified atom stereocenters. The first-order valence-corrected chi connectivity index (χ1v) is 8.67. The minimum Gasteiger partial charge on any atom is -0.342 e. The van der Waals surface area contributed by atoms with Crippen LogP contribution in [0.15, 0.2) is 0 Å². The largest absolute Gasteiger partial charge is 0.342 e. The number of H-pyrrole nitrogens is 1. The zero-order valence-electron chi connectivity index (χ0n) is 13.9. The van der Waals surface area contributed by atoms with Gasteiger partial charge < -0.3 is 9.47 Å². The number of nitrogens with one attached hydrogen (secondary N) is 1. The summed E-state index contributed by atoms with van der Waals surface area (Å²) in [5.41, 5.74) is 0.196. The van der Waals surface area contributed by atoms with Crippen LogP contribution in [0.25, 0.3) is 0 Å². The Bertz CT molecular complexity index is 630. The van der Waals surface area contributed by atoms with Gasteiger partial charge in [0.2, 0.25) is 5.91 Å². The summed E-state index contributed by atoms with van der Waals surface area (Å²) in [5.74, 6) is 1.85. The minimum atomic E-state index is 0.196. The highest BCUT2D eigenvalue weighted by molar-refractivity contribution is 7.71. The number of piperidine rings is 1. The van der Waals surface area contributed by atoms with Crippen molar-refractivity contribution in [3.8, 4) is 0 Å².